The topological polar surface area (TPSA) is 35.2 Å². The van der Waals surface area contributed by atoms with Gasteiger partial charge in [0, 0.05) is 22.9 Å². The molecule has 0 aliphatic heterocycles. The largest absolute Gasteiger partial charge is 0.485 e. The van der Waals surface area contributed by atoms with Crippen LogP contribution >= 0.6 is 11.3 Å². The van der Waals surface area contributed by atoms with Crippen LogP contribution in [0.15, 0.2) is 59.3 Å². The molecule has 114 valence electrons. The fourth-order valence-corrected chi connectivity index (χ4v) is 3.32. The van der Waals surface area contributed by atoms with Crippen LogP contribution in [0.3, 0.4) is 0 Å². The van der Waals surface area contributed by atoms with Crippen molar-refractivity contribution in [2.45, 2.75) is 31.9 Å². The minimum atomic E-state index is -0.281. The maximum atomic E-state index is 6.37. The number of hydrogen-bond acceptors (Lipinski definition) is 3. The number of rotatable bonds is 5. The summed E-state index contributed by atoms with van der Waals surface area (Å²) in [6, 6.07) is 16.6. The Kier molecular flexibility index (Phi) is 4.19. The van der Waals surface area contributed by atoms with Crippen molar-refractivity contribution in [2.24, 2.45) is 5.73 Å². The zero-order chi connectivity index (χ0) is 15.6. The fraction of sp³-hybridized carbons (Fsp3) is 0.263. The van der Waals surface area contributed by atoms with E-state index in [9.17, 15) is 0 Å². The molecule has 0 aliphatic rings. The molecule has 0 fully saturated rings. The standard InChI is InChI=1S/C19H21NOS/c1-19(2,20)12-18(15-10-11-22-13-15)21-17-9-5-7-14-6-3-4-8-16(14)17/h3-11,13,18H,12,20H2,1-2H3. The Morgan fingerprint density at radius 1 is 1.09 bits per heavy atom. The number of fused-ring (bicyclic) bond motifs is 1. The van der Waals surface area contributed by atoms with Crippen molar-refractivity contribution in [3.05, 3.63) is 64.9 Å². The first-order valence-electron chi connectivity index (χ1n) is 7.48. The molecule has 0 saturated carbocycles. The van der Waals surface area contributed by atoms with Gasteiger partial charge in [0.2, 0.25) is 0 Å². The van der Waals surface area contributed by atoms with Gasteiger partial charge in [0.05, 0.1) is 0 Å². The van der Waals surface area contributed by atoms with Crippen LogP contribution in [0.1, 0.15) is 31.9 Å². The third kappa shape index (κ3) is 3.49. The van der Waals surface area contributed by atoms with Crippen LogP contribution in [0, 0.1) is 0 Å². The lowest BCUT2D eigenvalue weighted by molar-refractivity contribution is 0.170. The molecule has 0 bridgehead atoms. The van der Waals surface area contributed by atoms with Crippen molar-refractivity contribution >= 4 is 22.1 Å². The van der Waals surface area contributed by atoms with Crippen molar-refractivity contribution in [3.63, 3.8) is 0 Å². The van der Waals surface area contributed by atoms with Crippen molar-refractivity contribution in [2.75, 3.05) is 0 Å². The molecule has 3 aromatic rings. The number of hydrogen-bond donors (Lipinski definition) is 1. The van der Waals surface area contributed by atoms with Crippen molar-refractivity contribution < 1.29 is 4.74 Å². The van der Waals surface area contributed by atoms with E-state index in [0.29, 0.717) is 0 Å². The molecule has 3 heteroatoms. The minimum absolute atomic E-state index is 0.0305. The molecule has 0 amide bonds. The third-order valence-corrected chi connectivity index (χ3v) is 4.35. The van der Waals surface area contributed by atoms with Gasteiger partial charge in [0.1, 0.15) is 11.9 Å². The maximum Gasteiger partial charge on any atom is 0.128 e. The molecule has 0 radical (unpaired) electrons. The van der Waals surface area contributed by atoms with Crippen molar-refractivity contribution in [1.82, 2.24) is 0 Å². The molecule has 1 unspecified atom stereocenters. The van der Waals surface area contributed by atoms with Crippen LogP contribution in [0.5, 0.6) is 5.75 Å². The summed E-state index contributed by atoms with van der Waals surface area (Å²) in [5.74, 6) is 0.915. The average Bonchev–Trinajstić information content (AvgIpc) is 3.00. The number of benzene rings is 2. The predicted molar refractivity (Wildman–Crippen MR) is 94.5 cm³/mol. The molecule has 22 heavy (non-hydrogen) atoms. The summed E-state index contributed by atoms with van der Waals surface area (Å²) < 4.78 is 6.37. The second-order valence-electron chi connectivity index (χ2n) is 6.33. The van der Waals surface area contributed by atoms with E-state index in [2.05, 4.69) is 35.0 Å². The van der Waals surface area contributed by atoms with Gasteiger partial charge in [-0.25, -0.2) is 0 Å². The van der Waals surface area contributed by atoms with E-state index in [4.69, 9.17) is 10.5 Å². The average molecular weight is 311 g/mol. The Labute approximate surface area is 135 Å². The highest BCUT2D eigenvalue weighted by Gasteiger charge is 2.23. The Bertz CT molecular complexity index is 738. The number of ether oxygens (including phenoxy) is 1. The van der Waals surface area contributed by atoms with E-state index < -0.39 is 0 Å². The molecule has 1 heterocycles. The molecular formula is C19H21NOS. The van der Waals surface area contributed by atoms with Crippen LogP contribution < -0.4 is 10.5 Å². The van der Waals surface area contributed by atoms with E-state index in [-0.39, 0.29) is 11.6 Å². The summed E-state index contributed by atoms with van der Waals surface area (Å²) in [5.41, 5.74) is 7.14. The molecule has 0 aliphatic carbocycles. The monoisotopic (exact) mass is 311 g/mol. The van der Waals surface area contributed by atoms with Gasteiger partial charge in [0.25, 0.3) is 0 Å². The van der Waals surface area contributed by atoms with Gasteiger partial charge < -0.3 is 10.5 Å². The highest BCUT2D eigenvalue weighted by Crippen LogP contribution is 2.33. The van der Waals surface area contributed by atoms with Gasteiger partial charge in [-0.15, -0.1) is 0 Å². The van der Waals surface area contributed by atoms with Gasteiger partial charge in [-0.05, 0) is 42.1 Å². The highest BCUT2D eigenvalue weighted by molar-refractivity contribution is 7.07. The van der Waals surface area contributed by atoms with Crippen LogP contribution in [0.2, 0.25) is 0 Å². The quantitative estimate of drug-likeness (QED) is 0.707. The van der Waals surface area contributed by atoms with Crippen LogP contribution in [0.25, 0.3) is 10.8 Å². The van der Waals surface area contributed by atoms with Crippen LogP contribution in [-0.2, 0) is 0 Å². The second kappa shape index (κ2) is 6.11. The van der Waals surface area contributed by atoms with Gasteiger partial charge in [0.15, 0.2) is 0 Å². The molecule has 0 saturated heterocycles. The summed E-state index contributed by atoms with van der Waals surface area (Å²) >= 11 is 1.69. The van der Waals surface area contributed by atoms with Gasteiger partial charge in [-0.3, -0.25) is 0 Å². The normalized spacial score (nSPS) is 13.2. The molecule has 3 rings (SSSR count). The number of thiophene rings is 1. The Hall–Kier alpha value is -1.84. The Balaban J connectivity index is 1.95. The molecule has 1 aromatic heterocycles. The lowest BCUT2D eigenvalue weighted by Gasteiger charge is -2.27. The number of nitrogens with two attached hydrogens (primary N) is 1. The van der Waals surface area contributed by atoms with Crippen molar-refractivity contribution in [1.29, 1.82) is 0 Å². The Morgan fingerprint density at radius 3 is 2.59 bits per heavy atom. The lowest BCUT2D eigenvalue weighted by atomic mass is 9.95. The summed E-state index contributed by atoms with van der Waals surface area (Å²) in [6.45, 7) is 4.08. The first-order valence-corrected chi connectivity index (χ1v) is 8.43. The minimum Gasteiger partial charge on any atom is -0.485 e. The van der Waals surface area contributed by atoms with E-state index >= 15 is 0 Å². The molecular weight excluding hydrogens is 290 g/mol. The van der Waals surface area contributed by atoms with Gasteiger partial charge >= 0.3 is 0 Å². The molecule has 2 nitrogen and oxygen atoms in total. The van der Waals surface area contributed by atoms with E-state index in [1.54, 1.807) is 11.3 Å². The third-order valence-electron chi connectivity index (χ3n) is 3.65. The zero-order valence-corrected chi connectivity index (χ0v) is 13.8. The summed E-state index contributed by atoms with van der Waals surface area (Å²) in [6.07, 6.45) is 0.740. The first-order chi connectivity index (χ1) is 10.5. The van der Waals surface area contributed by atoms with Gasteiger partial charge in [-0.2, -0.15) is 11.3 Å². The van der Waals surface area contributed by atoms with E-state index in [0.717, 1.165) is 17.6 Å². The van der Waals surface area contributed by atoms with Crippen LogP contribution in [0.4, 0.5) is 0 Å². The first kappa shape index (κ1) is 15.1. The van der Waals surface area contributed by atoms with Gasteiger partial charge in [-0.1, -0.05) is 36.4 Å². The van der Waals surface area contributed by atoms with Crippen molar-refractivity contribution in [3.8, 4) is 5.75 Å². The van der Waals surface area contributed by atoms with E-state index in [1.165, 1.54) is 10.9 Å². The van der Waals surface area contributed by atoms with Crippen LogP contribution in [-0.4, -0.2) is 5.54 Å². The lowest BCUT2D eigenvalue weighted by Crippen LogP contribution is -2.35. The SMILES string of the molecule is CC(C)(N)CC(Oc1cccc2ccccc12)c1ccsc1. The van der Waals surface area contributed by atoms with E-state index in [1.807, 2.05) is 38.1 Å². The maximum absolute atomic E-state index is 6.37. The summed E-state index contributed by atoms with van der Waals surface area (Å²) in [4.78, 5) is 0. The Morgan fingerprint density at radius 2 is 1.86 bits per heavy atom. The summed E-state index contributed by atoms with van der Waals surface area (Å²) in [5, 5.41) is 6.55. The summed E-state index contributed by atoms with van der Waals surface area (Å²) in [7, 11) is 0. The zero-order valence-electron chi connectivity index (χ0n) is 13.0. The second-order valence-corrected chi connectivity index (χ2v) is 7.11. The molecule has 0 spiro atoms. The highest BCUT2D eigenvalue weighted by atomic mass is 32.1. The molecule has 2 aromatic carbocycles. The predicted octanol–water partition coefficient (Wildman–Crippen LogP) is 5.15. The fourth-order valence-electron chi connectivity index (χ4n) is 2.62. The molecule has 2 N–H and O–H groups in total. The molecule has 1 atom stereocenters. The smallest absolute Gasteiger partial charge is 0.128 e.